The van der Waals surface area contributed by atoms with Gasteiger partial charge in [-0.3, -0.25) is 0 Å². The van der Waals surface area contributed by atoms with Crippen molar-refractivity contribution in [3.05, 3.63) is 35.4 Å². The summed E-state index contributed by atoms with van der Waals surface area (Å²) in [6.45, 7) is 0.439. The van der Waals surface area contributed by atoms with E-state index < -0.39 is 8.25 Å². The van der Waals surface area contributed by atoms with Crippen LogP contribution in [-0.4, -0.2) is 15.8 Å². The third kappa shape index (κ3) is 2.88. The lowest BCUT2D eigenvalue weighted by molar-refractivity contribution is 0.0535. The highest BCUT2D eigenvalue weighted by molar-refractivity contribution is 7.30. The van der Waals surface area contributed by atoms with Crippen LogP contribution in [0, 0.1) is 0 Å². The molecule has 0 fully saturated rings. The van der Waals surface area contributed by atoms with Crippen molar-refractivity contribution < 1.29 is 23.9 Å². The monoisotopic (exact) mass is 215 g/mol. The minimum atomic E-state index is -2.87. The standard InChI is InChI=1S/C8H6O2.HO3P/c9-8-7-4-2-1-3-6(7)5-10-8;1-4(2)3/h1-4H,5H2;(H-,1,2,3)/p+1. The van der Waals surface area contributed by atoms with E-state index in [1.807, 2.05) is 18.2 Å². The van der Waals surface area contributed by atoms with Gasteiger partial charge >= 0.3 is 14.2 Å². The van der Waals surface area contributed by atoms with Crippen LogP contribution < -0.4 is 0 Å². The van der Waals surface area contributed by atoms with Crippen molar-refractivity contribution in [2.24, 2.45) is 0 Å². The van der Waals surface area contributed by atoms with Crippen LogP contribution in [-0.2, 0) is 15.9 Å². The molecule has 1 aromatic carbocycles. The zero-order valence-corrected chi connectivity index (χ0v) is 7.98. The van der Waals surface area contributed by atoms with Gasteiger partial charge in [0.15, 0.2) is 0 Å². The van der Waals surface area contributed by atoms with Gasteiger partial charge in [-0.15, -0.1) is 9.79 Å². The predicted octanol–water partition coefficient (Wildman–Crippen LogP) is 0.985. The zero-order valence-electron chi connectivity index (χ0n) is 7.08. The van der Waals surface area contributed by atoms with Crippen LogP contribution in [0.15, 0.2) is 24.3 Å². The second-order valence-corrected chi connectivity index (χ2v) is 2.99. The van der Waals surface area contributed by atoms with E-state index in [-0.39, 0.29) is 5.97 Å². The van der Waals surface area contributed by atoms with E-state index in [9.17, 15) is 4.79 Å². The molecule has 1 aliphatic rings. The van der Waals surface area contributed by atoms with Gasteiger partial charge in [-0.1, -0.05) is 18.2 Å². The average Bonchev–Trinajstić information content (AvgIpc) is 2.48. The number of ether oxygens (including phenoxy) is 1. The Balaban J connectivity index is 0.000000213. The van der Waals surface area contributed by atoms with Crippen molar-refractivity contribution in [1.29, 1.82) is 0 Å². The van der Waals surface area contributed by atoms with Gasteiger partial charge in [0.05, 0.1) is 5.56 Å². The number of hydrogen-bond donors (Lipinski definition) is 2. The molecule has 1 heterocycles. The summed E-state index contributed by atoms with van der Waals surface area (Å²) < 4.78 is 13.5. The number of carbonyl (C=O) groups excluding carboxylic acids is 1. The quantitative estimate of drug-likeness (QED) is 0.498. The van der Waals surface area contributed by atoms with Crippen molar-refractivity contribution in [2.75, 3.05) is 0 Å². The Hall–Kier alpha value is -1.29. The van der Waals surface area contributed by atoms with Gasteiger partial charge in [-0.05, 0) is 6.07 Å². The Bertz CT molecular complexity index is 359. The highest BCUT2D eigenvalue weighted by atomic mass is 31.1. The summed E-state index contributed by atoms with van der Waals surface area (Å²) in [5.41, 5.74) is 1.70. The molecule has 74 valence electrons. The van der Waals surface area contributed by atoms with Crippen LogP contribution in [0.5, 0.6) is 0 Å². The summed E-state index contributed by atoms with van der Waals surface area (Å²) in [6, 6.07) is 7.43. The van der Waals surface area contributed by atoms with E-state index in [0.29, 0.717) is 12.2 Å². The molecule has 0 aliphatic carbocycles. The topological polar surface area (TPSA) is 83.8 Å². The molecule has 14 heavy (non-hydrogen) atoms. The largest absolute Gasteiger partial charge is 0.692 e. The molecule has 1 aromatic rings. The third-order valence-corrected chi connectivity index (χ3v) is 1.60. The van der Waals surface area contributed by atoms with Crippen LogP contribution in [0.3, 0.4) is 0 Å². The van der Waals surface area contributed by atoms with Crippen molar-refractivity contribution in [3.63, 3.8) is 0 Å². The van der Waals surface area contributed by atoms with Gasteiger partial charge in [0.1, 0.15) is 6.61 Å². The summed E-state index contributed by atoms with van der Waals surface area (Å²) in [5, 5.41) is 0. The van der Waals surface area contributed by atoms with E-state index in [0.717, 1.165) is 5.56 Å². The first kappa shape index (κ1) is 10.8. The highest BCUT2D eigenvalue weighted by Gasteiger charge is 2.18. The fourth-order valence-electron chi connectivity index (χ4n) is 1.07. The van der Waals surface area contributed by atoms with Gasteiger partial charge in [0, 0.05) is 10.1 Å². The lowest BCUT2D eigenvalue weighted by Gasteiger charge is -1.87. The van der Waals surface area contributed by atoms with E-state index >= 15 is 0 Å². The number of benzene rings is 1. The first-order valence-electron chi connectivity index (χ1n) is 3.71. The molecule has 2 rings (SSSR count). The molecule has 0 amide bonds. The first-order valence-corrected chi connectivity index (χ1v) is 4.88. The Morgan fingerprint density at radius 3 is 2.43 bits per heavy atom. The first-order chi connectivity index (χ1) is 6.61. The fraction of sp³-hybridized carbons (Fsp3) is 0.125. The molecule has 0 aromatic heterocycles. The van der Waals surface area contributed by atoms with Crippen LogP contribution in [0.1, 0.15) is 15.9 Å². The molecule has 6 heteroatoms. The number of esters is 1. The fourth-order valence-corrected chi connectivity index (χ4v) is 1.07. The van der Waals surface area contributed by atoms with Crippen LogP contribution >= 0.6 is 8.25 Å². The van der Waals surface area contributed by atoms with E-state index in [1.165, 1.54) is 0 Å². The molecule has 2 N–H and O–H groups in total. The maximum absolute atomic E-state index is 10.8. The molecule has 0 unspecified atom stereocenters. The molecular weight excluding hydrogens is 207 g/mol. The van der Waals surface area contributed by atoms with Gasteiger partial charge in [0.25, 0.3) is 0 Å². The third-order valence-electron chi connectivity index (χ3n) is 1.60. The predicted molar refractivity (Wildman–Crippen MR) is 47.6 cm³/mol. The summed E-state index contributed by atoms with van der Waals surface area (Å²) in [4.78, 5) is 25.1. The molecular formula is C8H8O5P+. The van der Waals surface area contributed by atoms with Crippen molar-refractivity contribution in [1.82, 2.24) is 0 Å². The second kappa shape index (κ2) is 4.81. The van der Waals surface area contributed by atoms with Gasteiger partial charge < -0.3 is 4.74 Å². The molecule has 5 nitrogen and oxygen atoms in total. The number of rotatable bonds is 0. The average molecular weight is 215 g/mol. The summed E-state index contributed by atoms with van der Waals surface area (Å²) >= 11 is 0. The zero-order chi connectivity index (χ0) is 10.6. The maximum atomic E-state index is 10.8. The lowest BCUT2D eigenvalue weighted by atomic mass is 10.1. The second-order valence-electron chi connectivity index (χ2n) is 2.49. The molecule has 0 saturated carbocycles. The van der Waals surface area contributed by atoms with Crippen molar-refractivity contribution >= 4 is 14.2 Å². The number of cyclic esters (lactones) is 1. The summed E-state index contributed by atoms with van der Waals surface area (Å²) in [6.07, 6.45) is 0. The molecule has 0 bridgehead atoms. The minimum absolute atomic E-state index is 0.199. The van der Waals surface area contributed by atoms with Crippen molar-refractivity contribution in [3.8, 4) is 0 Å². The highest BCUT2D eigenvalue weighted by Crippen LogP contribution is 2.17. The normalized spacial score (nSPS) is 12.3. The summed E-state index contributed by atoms with van der Waals surface area (Å²) in [5.74, 6) is -0.199. The Morgan fingerprint density at radius 1 is 1.29 bits per heavy atom. The lowest BCUT2D eigenvalue weighted by Crippen LogP contribution is -1.91. The van der Waals surface area contributed by atoms with Crippen LogP contribution in [0.25, 0.3) is 0 Å². The van der Waals surface area contributed by atoms with E-state index in [2.05, 4.69) is 0 Å². The molecule has 0 spiro atoms. The van der Waals surface area contributed by atoms with Gasteiger partial charge in [0.2, 0.25) is 0 Å². The number of fused-ring (bicyclic) bond motifs is 1. The van der Waals surface area contributed by atoms with Gasteiger partial charge in [-0.25, -0.2) is 4.79 Å². The summed E-state index contributed by atoms with van der Waals surface area (Å²) in [7, 11) is -2.87. The molecule has 0 atom stereocenters. The SMILES string of the molecule is O=C1OCc2ccccc21.O=[P+](O)O. The van der Waals surface area contributed by atoms with Gasteiger partial charge in [-0.2, -0.15) is 0 Å². The van der Waals surface area contributed by atoms with Crippen LogP contribution in [0.4, 0.5) is 0 Å². The Labute approximate surface area is 80.9 Å². The smallest absolute Gasteiger partial charge is 0.457 e. The maximum Gasteiger partial charge on any atom is 0.692 e. The Morgan fingerprint density at radius 2 is 1.86 bits per heavy atom. The molecule has 0 radical (unpaired) electrons. The molecule has 0 saturated heterocycles. The van der Waals surface area contributed by atoms with E-state index in [4.69, 9.17) is 19.1 Å². The van der Waals surface area contributed by atoms with E-state index in [1.54, 1.807) is 6.07 Å². The minimum Gasteiger partial charge on any atom is -0.457 e. The number of carbonyl (C=O) groups is 1. The number of hydrogen-bond acceptors (Lipinski definition) is 3. The Kier molecular flexibility index (Phi) is 3.71. The molecule has 1 aliphatic heterocycles. The van der Waals surface area contributed by atoms with Crippen LogP contribution in [0.2, 0.25) is 0 Å². The van der Waals surface area contributed by atoms with Crippen molar-refractivity contribution in [2.45, 2.75) is 6.61 Å².